The summed E-state index contributed by atoms with van der Waals surface area (Å²) in [5.74, 6) is -0.199. The molecule has 2 heteroatoms. The van der Waals surface area contributed by atoms with Gasteiger partial charge in [-0.15, -0.1) is 0 Å². The normalized spacial score (nSPS) is 11.5. The molecule has 0 fully saturated rings. The number of rotatable bonds is 6. The van der Waals surface area contributed by atoms with Crippen LogP contribution in [0.4, 0.5) is 0 Å². The molecule has 0 aromatic rings. The topological polar surface area (TPSA) is 26.3 Å². The lowest BCUT2D eigenvalue weighted by atomic mass is 10.1. The van der Waals surface area contributed by atoms with E-state index in [2.05, 4.69) is 6.92 Å². The molecule has 0 heterocycles. The van der Waals surface area contributed by atoms with Crippen LogP contribution in [0.2, 0.25) is 0 Å². The van der Waals surface area contributed by atoms with Gasteiger partial charge in [-0.05, 0) is 26.2 Å². The number of unbranched alkanes of at least 4 members (excludes halogenated alkanes) is 1. The van der Waals surface area contributed by atoms with Gasteiger partial charge in [-0.25, -0.2) is 4.79 Å². The highest BCUT2D eigenvalue weighted by atomic mass is 16.5. The van der Waals surface area contributed by atoms with Gasteiger partial charge in [0.15, 0.2) is 0 Å². The molecule has 13 heavy (non-hydrogen) atoms. The fourth-order valence-electron chi connectivity index (χ4n) is 0.973. The molecule has 0 aromatic carbocycles. The fraction of sp³-hybridized carbons (Fsp3) is 0.727. The Balaban J connectivity index is 3.70. The summed E-state index contributed by atoms with van der Waals surface area (Å²) in [7, 11) is 0. The molecule has 0 bridgehead atoms. The molecule has 0 amide bonds. The summed E-state index contributed by atoms with van der Waals surface area (Å²) in [4.78, 5) is 11.1. The Hall–Kier alpha value is -0.790. The Morgan fingerprint density at radius 1 is 1.31 bits per heavy atom. The van der Waals surface area contributed by atoms with Crippen molar-refractivity contribution in [2.24, 2.45) is 0 Å². The third kappa shape index (κ3) is 7.57. The summed E-state index contributed by atoms with van der Waals surface area (Å²) < 4.78 is 4.93. The lowest BCUT2D eigenvalue weighted by molar-refractivity contribution is -0.137. The van der Waals surface area contributed by atoms with Crippen molar-refractivity contribution >= 4 is 5.97 Å². The molecule has 0 aliphatic carbocycles. The van der Waals surface area contributed by atoms with E-state index in [-0.39, 0.29) is 5.97 Å². The molecule has 0 saturated carbocycles. The van der Waals surface area contributed by atoms with E-state index in [9.17, 15) is 4.79 Å². The van der Waals surface area contributed by atoms with Crippen LogP contribution in [0, 0.1) is 0 Å². The van der Waals surface area contributed by atoms with Gasteiger partial charge in [0.05, 0.1) is 6.61 Å². The molecule has 0 aliphatic rings. The van der Waals surface area contributed by atoms with E-state index in [1.54, 1.807) is 6.08 Å². The monoisotopic (exact) mass is 184 g/mol. The minimum absolute atomic E-state index is 0.199. The summed E-state index contributed by atoms with van der Waals surface area (Å²) in [6.07, 6.45) is 5.79. The van der Waals surface area contributed by atoms with E-state index in [0.29, 0.717) is 6.61 Å². The van der Waals surface area contributed by atoms with Crippen molar-refractivity contribution in [1.82, 2.24) is 0 Å². The van der Waals surface area contributed by atoms with Gasteiger partial charge >= 0.3 is 5.97 Å². The zero-order valence-corrected chi connectivity index (χ0v) is 8.93. The largest absolute Gasteiger partial charge is 0.463 e. The third-order valence-corrected chi connectivity index (χ3v) is 1.74. The molecule has 0 saturated heterocycles. The van der Waals surface area contributed by atoms with Crippen molar-refractivity contribution in [2.75, 3.05) is 6.61 Å². The quantitative estimate of drug-likeness (QED) is 0.468. The smallest absolute Gasteiger partial charge is 0.330 e. The van der Waals surface area contributed by atoms with Crippen LogP contribution in [0.5, 0.6) is 0 Å². The van der Waals surface area contributed by atoms with Crippen molar-refractivity contribution in [3.63, 3.8) is 0 Å². The van der Waals surface area contributed by atoms with Gasteiger partial charge in [0, 0.05) is 6.08 Å². The maximum absolute atomic E-state index is 11.1. The Morgan fingerprint density at radius 2 is 2.00 bits per heavy atom. The Kier molecular flexibility index (Phi) is 7.36. The molecule has 0 N–H and O–H groups in total. The average Bonchev–Trinajstić information content (AvgIpc) is 2.11. The molecule has 0 atom stereocenters. The van der Waals surface area contributed by atoms with Crippen molar-refractivity contribution in [3.05, 3.63) is 11.6 Å². The van der Waals surface area contributed by atoms with E-state index >= 15 is 0 Å². The first kappa shape index (κ1) is 12.2. The SMILES string of the molecule is CCCC/C(C)=C/C(=O)OCCC. The molecule has 0 spiro atoms. The van der Waals surface area contributed by atoms with Crippen LogP contribution in [0.3, 0.4) is 0 Å². The van der Waals surface area contributed by atoms with E-state index in [1.807, 2.05) is 13.8 Å². The number of allylic oxidation sites excluding steroid dienone is 1. The van der Waals surface area contributed by atoms with E-state index < -0.39 is 0 Å². The highest BCUT2D eigenvalue weighted by Gasteiger charge is 1.97. The second kappa shape index (κ2) is 7.84. The van der Waals surface area contributed by atoms with Crippen molar-refractivity contribution in [1.29, 1.82) is 0 Å². The van der Waals surface area contributed by atoms with Crippen LogP contribution >= 0.6 is 0 Å². The first-order valence-electron chi connectivity index (χ1n) is 5.04. The van der Waals surface area contributed by atoms with Gasteiger partial charge in [0.25, 0.3) is 0 Å². The number of hydrogen-bond donors (Lipinski definition) is 0. The molecular formula is C11H20O2. The van der Waals surface area contributed by atoms with Gasteiger partial charge < -0.3 is 4.74 Å². The number of carbonyl (C=O) groups is 1. The molecule has 0 aliphatic heterocycles. The predicted octanol–water partition coefficient (Wildman–Crippen LogP) is 3.08. The second-order valence-corrected chi connectivity index (χ2v) is 3.26. The summed E-state index contributed by atoms with van der Waals surface area (Å²) in [6.45, 7) is 6.63. The van der Waals surface area contributed by atoms with Crippen molar-refractivity contribution < 1.29 is 9.53 Å². The third-order valence-electron chi connectivity index (χ3n) is 1.74. The molecule has 2 nitrogen and oxygen atoms in total. The summed E-state index contributed by atoms with van der Waals surface area (Å²) in [6, 6.07) is 0. The molecule has 76 valence electrons. The van der Waals surface area contributed by atoms with Gasteiger partial charge in [0.2, 0.25) is 0 Å². The Labute approximate surface area is 81.0 Å². The fourth-order valence-corrected chi connectivity index (χ4v) is 0.973. The van der Waals surface area contributed by atoms with Gasteiger partial charge in [0.1, 0.15) is 0 Å². The van der Waals surface area contributed by atoms with E-state index in [4.69, 9.17) is 4.74 Å². The standard InChI is InChI=1S/C11H20O2/c1-4-6-7-10(3)9-11(12)13-8-5-2/h9H,4-8H2,1-3H3/b10-9+. The maximum Gasteiger partial charge on any atom is 0.330 e. The summed E-state index contributed by atoms with van der Waals surface area (Å²) in [5, 5.41) is 0. The van der Waals surface area contributed by atoms with Crippen LogP contribution in [0.1, 0.15) is 46.5 Å². The number of carbonyl (C=O) groups excluding carboxylic acids is 1. The molecular weight excluding hydrogens is 164 g/mol. The number of esters is 1. The first-order chi connectivity index (χ1) is 6.20. The van der Waals surface area contributed by atoms with Crippen LogP contribution in [-0.4, -0.2) is 12.6 Å². The second-order valence-electron chi connectivity index (χ2n) is 3.26. The number of ether oxygens (including phenoxy) is 1. The van der Waals surface area contributed by atoms with E-state index in [1.165, 1.54) is 0 Å². The van der Waals surface area contributed by atoms with Gasteiger partial charge in [-0.3, -0.25) is 0 Å². The molecule has 0 radical (unpaired) electrons. The van der Waals surface area contributed by atoms with Gasteiger partial charge in [-0.2, -0.15) is 0 Å². The zero-order chi connectivity index (χ0) is 10.1. The predicted molar refractivity (Wildman–Crippen MR) is 54.5 cm³/mol. The minimum atomic E-state index is -0.199. The van der Waals surface area contributed by atoms with Crippen LogP contribution in [-0.2, 0) is 9.53 Å². The van der Waals surface area contributed by atoms with Crippen LogP contribution in [0.15, 0.2) is 11.6 Å². The molecule has 0 rings (SSSR count). The van der Waals surface area contributed by atoms with Gasteiger partial charge in [-0.1, -0.05) is 25.8 Å². The van der Waals surface area contributed by atoms with Crippen molar-refractivity contribution in [2.45, 2.75) is 46.5 Å². The van der Waals surface area contributed by atoms with Crippen molar-refractivity contribution in [3.8, 4) is 0 Å². The average molecular weight is 184 g/mol. The Morgan fingerprint density at radius 3 is 2.54 bits per heavy atom. The Bertz CT molecular complexity index is 171. The highest BCUT2D eigenvalue weighted by Crippen LogP contribution is 2.05. The first-order valence-corrected chi connectivity index (χ1v) is 5.04. The van der Waals surface area contributed by atoms with E-state index in [0.717, 1.165) is 31.3 Å². The highest BCUT2D eigenvalue weighted by molar-refractivity contribution is 5.82. The lowest BCUT2D eigenvalue weighted by Gasteiger charge is -2.00. The number of hydrogen-bond acceptors (Lipinski definition) is 2. The minimum Gasteiger partial charge on any atom is -0.463 e. The molecule has 0 aromatic heterocycles. The summed E-state index contributed by atoms with van der Waals surface area (Å²) in [5.41, 5.74) is 1.11. The maximum atomic E-state index is 11.1. The zero-order valence-electron chi connectivity index (χ0n) is 8.93. The van der Waals surface area contributed by atoms with Crippen LogP contribution < -0.4 is 0 Å². The lowest BCUT2D eigenvalue weighted by Crippen LogP contribution is -2.02. The molecule has 0 unspecified atom stereocenters. The summed E-state index contributed by atoms with van der Waals surface area (Å²) >= 11 is 0. The van der Waals surface area contributed by atoms with Crippen LogP contribution in [0.25, 0.3) is 0 Å².